The van der Waals surface area contributed by atoms with E-state index in [2.05, 4.69) is 62.5 Å². The SMILES string of the molecule is CC/C=C\C/C=C\C/C=C\C/C=C\C/C=C\CCCC(=O)OC[C@H](COP(=O)(O)OCCN)OC(=O)CCC/C=C\C[C@H]1[C@@H](O)CC(=O)[C@@H]1/C=C/[C@@H](O)CCCCC. The van der Waals surface area contributed by atoms with Crippen LogP contribution in [0.5, 0.6) is 0 Å². The third kappa shape index (κ3) is 28.2. The predicted molar refractivity (Wildman–Crippen MR) is 229 cm³/mol. The molecule has 5 N–H and O–H groups in total. The van der Waals surface area contributed by atoms with Gasteiger partial charge >= 0.3 is 19.8 Å². The first-order valence-corrected chi connectivity index (χ1v) is 22.7. The molecule has 0 aromatic heterocycles. The molecule has 1 aliphatic carbocycles. The first-order valence-electron chi connectivity index (χ1n) is 21.2. The number of aliphatic hydroxyl groups is 2. The highest BCUT2D eigenvalue weighted by molar-refractivity contribution is 7.47. The van der Waals surface area contributed by atoms with Gasteiger partial charge in [0.15, 0.2) is 6.10 Å². The Bertz CT molecular complexity index is 1390. The fraction of sp³-hybridized carbons (Fsp3) is 0.622. The third-order valence-electron chi connectivity index (χ3n) is 9.14. The number of esters is 2. The van der Waals surface area contributed by atoms with Crippen molar-refractivity contribution < 1.29 is 52.6 Å². The average Bonchev–Trinajstić information content (AvgIpc) is 3.47. The number of ether oxygens (including phenoxy) is 2. The summed E-state index contributed by atoms with van der Waals surface area (Å²) in [5.74, 6) is -1.89. The summed E-state index contributed by atoms with van der Waals surface area (Å²) in [6.45, 7) is 3.10. The van der Waals surface area contributed by atoms with Crippen LogP contribution in [0.1, 0.15) is 123 Å². The van der Waals surface area contributed by atoms with Crippen molar-refractivity contribution in [1.29, 1.82) is 0 Å². The van der Waals surface area contributed by atoms with E-state index < -0.39 is 50.6 Å². The highest BCUT2D eigenvalue weighted by Gasteiger charge is 2.39. The molecule has 328 valence electrons. The smallest absolute Gasteiger partial charge is 0.462 e. The summed E-state index contributed by atoms with van der Waals surface area (Å²) < 4.78 is 32.6. The Morgan fingerprint density at radius 1 is 0.810 bits per heavy atom. The molecule has 6 atom stereocenters. The first-order chi connectivity index (χ1) is 28.0. The number of unbranched alkanes of at least 4 members (excludes halogenated alkanes) is 4. The van der Waals surface area contributed by atoms with E-state index in [4.69, 9.17) is 24.3 Å². The van der Waals surface area contributed by atoms with Crippen LogP contribution >= 0.6 is 7.82 Å². The van der Waals surface area contributed by atoms with Gasteiger partial charge in [0, 0.05) is 37.6 Å². The number of Topliss-reactive ketones (excluding diaryl/α,β-unsaturated/α-hetero) is 1. The van der Waals surface area contributed by atoms with Gasteiger partial charge in [0.2, 0.25) is 0 Å². The number of phosphoric ester groups is 1. The molecule has 0 bridgehead atoms. The van der Waals surface area contributed by atoms with Crippen LogP contribution < -0.4 is 5.73 Å². The molecule has 0 aromatic rings. The summed E-state index contributed by atoms with van der Waals surface area (Å²) in [4.78, 5) is 47.5. The second kappa shape index (κ2) is 34.6. The molecular weight excluding hydrogens is 761 g/mol. The van der Waals surface area contributed by atoms with Crippen LogP contribution in [0.25, 0.3) is 0 Å². The molecule has 0 spiro atoms. The van der Waals surface area contributed by atoms with Crippen molar-refractivity contribution in [2.75, 3.05) is 26.4 Å². The first kappa shape index (κ1) is 52.8. The maximum Gasteiger partial charge on any atom is 0.472 e. The number of hydrogen-bond donors (Lipinski definition) is 4. The zero-order valence-corrected chi connectivity index (χ0v) is 35.8. The molecule has 0 radical (unpaired) electrons. The van der Waals surface area contributed by atoms with Crippen molar-refractivity contribution in [2.24, 2.45) is 17.6 Å². The Hall–Kier alpha value is -3.22. The van der Waals surface area contributed by atoms with E-state index in [9.17, 15) is 34.1 Å². The van der Waals surface area contributed by atoms with Crippen molar-refractivity contribution in [1.82, 2.24) is 0 Å². The van der Waals surface area contributed by atoms with Crippen LogP contribution in [0, 0.1) is 11.8 Å². The topological polar surface area (TPSA) is 192 Å². The van der Waals surface area contributed by atoms with E-state index in [1.54, 1.807) is 12.2 Å². The van der Waals surface area contributed by atoms with Crippen molar-refractivity contribution in [2.45, 2.75) is 141 Å². The zero-order valence-electron chi connectivity index (χ0n) is 35.0. The van der Waals surface area contributed by atoms with Gasteiger partial charge in [0.25, 0.3) is 0 Å². The Morgan fingerprint density at radius 3 is 2.00 bits per heavy atom. The predicted octanol–water partition coefficient (Wildman–Crippen LogP) is 8.64. The summed E-state index contributed by atoms with van der Waals surface area (Å²) >= 11 is 0. The minimum Gasteiger partial charge on any atom is -0.462 e. The number of phosphoric acid groups is 1. The number of nitrogens with two attached hydrogens (primary N) is 1. The van der Waals surface area contributed by atoms with E-state index in [0.717, 1.165) is 51.4 Å². The van der Waals surface area contributed by atoms with Gasteiger partial charge in [-0.2, -0.15) is 0 Å². The monoisotopic (exact) mass is 833 g/mol. The fourth-order valence-electron chi connectivity index (χ4n) is 5.94. The van der Waals surface area contributed by atoms with Crippen LogP contribution in [0.3, 0.4) is 0 Å². The number of carbonyl (C=O) groups excluding carboxylic acids is 3. The number of aliphatic hydroxyl groups excluding tert-OH is 2. The quantitative estimate of drug-likeness (QED) is 0.0209. The Balaban J connectivity index is 2.48. The van der Waals surface area contributed by atoms with Gasteiger partial charge in [-0.3, -0.25) is 23.4 Å². The summed E-state index contributed by atoms with van der Waals surface area (Å²) in [6.07, 6.45) is 37.1. The van der Waals surface area contributed by atoms with E-state index in [0.29, 0.717) is 38.5 Å². The van der Waals surface area contributed by atoms with Crippen LogP contribution in [-0.2, 0) is 37.5 Å². The van der Waals surface area contributed by atoms with E-state index >= 15 is 0 Å². The number of carbonyl (C=O) groups is 3. The minimum absolute atomic E-state index is 0.00166. The Morgan fingerprint density at radius 2 is 1.40 bits per heavy atom. The van der Waals surface area contributed by atoms with Crippen molar-refractivity contribution in [3.05, 3.63) is 85.1 Å². The molecule has 0 aromatic carbocycles. The summed E-state index contributed by atoms with van der Waals surface area (Å²) in [5, 5.41) is 20.7. The van der Waals surface area contributed by atoms with Crippen LogP contribution in [0.15, 0.2) is 85.1 Å². The van der Waals surface area contributed by atoms with Gasteiger partial charge in [-0.15, -0.1) is 0 Å². The van der Waals surface area contributed by atoms with Crippen molar-refractivity contribution >= 4 is 25.5 Å². The van der Waals surface area contributed by atoms with Gasteiger partial charge in [0.1, 0.15) is 12.4 Å². The van der Waals surface area contributed by atoms with E-state index in [-0.39, 0.29) is 50.7 Å². The van der Waals surface area contributed by atoms with Crippen LogP contribution in [0.2, 0.25) is 0 Å². The van der Waals surface area contributed by atoms with Gasteiger partial charge in [-0.05, 0) is 70.6 Å². The molecule has 0 heterocycles. The van der Waals surface area contributed by atoms with Crippen molar-refractivity contribution in [3.63, 3.8) is 0 Å². The molecule has 1 fully saturated rings. The van der Waals surface area contributed by atoms with Gasteiger partial charge in [-0.1, -0.05) is 118 Å². The number of allylic oxidation sites excluding steroid dienone is 13. The maximum absolute atomic E-state index is 12.7. The average molecular weight is 834 g/mol. The van der Waals surface area contributed by atoms with Gasteiger partial charge in [0.05, 0.1) is 25.4 Å². The molecule has 1 aliphatic rings. The highest BCUT2D eigenvalue weighted by atomic mass is 31.2. The molecule has 1 saturated carbocycles. The molecular formula is C45H72NO11P. The zero-order chi connectivity index (χ0) is 42.7. The lowest BCUT2D eigenvalue weighted by molar-refractivity contribution is -0.161. The lowest BCUT2D eigenvalue weighted by Crippen LogP contribution is -2.29. The molecule has 1 rings (SSSR count). The molecule has 58 heavy (non-hydrogen) atoms. The van der Waals surface area contributed by atoms with Crippen molar-refractivity contribution in [3.8, 4) is 0 Å². The van der Waals surface area contributed by atoms with Gasteiger partial charge in [-0.25, -0.2) is 4.57 Å². The fourth-order valence-corrected chi connectivity index (χ4v) is 6.71. The molecule has 1 unspecified atom stereocenters. The van der Waals surface area contributed by atoms with Crippen LogP contribution in [-0.4, -0.2) is 77.5 Å². The van der Waals surface area contributed by atoms with Crippen LogP contribution in [0.4, 0.5) is 0 Å². The van der Waals surface area contributed by atoms with E-state index in [1.165, 1.54) is 0 Å². The third-order valence-corrected chi connectivity index (χ3v) is 10.1. The highest BCUT2D eigenvalue weighted by Crippen LogP contribution is 2.43. The minimum atomic E-state index is -4.47. The molecule has 0 aliphatic heterocycles. The second-order valence-electron chi connectivity index (χ2n) is 14.3. The Labute approximate surface area is 347 Å². The number of ketones is 1. The largest absolute Gasteiger partial charge is 0.472 e. The van der Waals surface area contributed by atoms with Gasteiger partial charge < -0.3 is 30.3 Å². The molecule has 0 saturated heterocycles. The standard InChI is InChI=1S/C45H72NO11P/c1-3-5-7-8-9-10-11-12-13-14-15-16-17-18-19-20-25-29-44(50)54-36-39(37-56-58(52,53)55-34-33-46)57-45(51)30-26-22-21-24-28-40-41(43(49)35-42(40)48)32-31-38(47)27-23-6-4-2/h5,7,9-10,12-13,15-16,18-19,21,24,31-32,38-42,47-48H,3-4,6,8,11,14,17,20,22-23,25-30,33-37,46H2,1-2H3,(H,52,53)/b7-5-,10-9-,13-12-,16-15-,19-18-,24-21-,32-31+/t38-,39+,40+,41+,42-/m0/s1. The lowest BCUT2D eigenvalue weighted by atomic mass is 9.90. The lowest BCUT2D eigenvalue weighted by Gasteiger charge is -2.19. The second-order valence-corrected chi connectivity index (χ2v) is 15.7. The molecule has 0 amide bonds. The number of rotatable bonds is 34. The van der Waals surface area contributed by atoms with E-state index in [1.807, 2.05) is 24.3 Å². The summed E-state index contributed by atoms with van der Waals surface area (Å²) in [6, 6.07) is 0. The maximum atomic E-state index is 12.7. The summed E-state index contributed by atoms with van der Waals surface area (Å²) in [5.41, 5.74) is 5.33. The summed E-state index contributed by atoms with van der Waals surface area (Å²) in [7, 11) is -4.47. The molecule has 13 heteroatoms. The Kier molecular flexibility index (Phi) is 31.5. The number of hydrogen-bond acceptors (Lipinski definition) is 11. The molecule has 12 nitrogen and oxygen atoms in total. The normalized spacial score (nSPS) is 19.9.